The van der Waals surface area contributed by atoms with Crippen LogP contribution in [0.5, 0.6) is 0 Å². The minimum absolute atomic E-state index is 0.134. The van der Waals surface area contributed by atoms with Crippen molar-refractivity contribution < 1.29 is 4.79 Å². The van der Waals surface area contributed by atoms with Gasteiger partial charge in [0.25, 0.3) is 0 Å². The standard InChI is InChI=1S/C9H13N3O/c1-12-5-3-8(11-12)6-7-2-4-10-9(7)13/h3,5,7H,2,4,6H2,1H3,(H,10,13). The lowest BCUT2D eigenvalue weighted by atomic mass is 10.0. The molecule has 4 heteroatoms. The maximum atomic E-state index is 11.2. The van der Waals surface area contributed by atoms with Crippen LogP contribution in [-0.2, 0) is 18.3 Å². The fraction of sp³-hybridized carbons (Fsp3) is 0.556. The van der Waals surface area contributed by atoms with Crippen LogP contribution in [0, 0.1) is 5.92 Å². The Bertz CT molecular complexity index is 318. The molecule has 1 aliphatic heterocycles. The Hall–Kier alpha value is -1.32. The summed E-state index contributed by atoms with van der Waals surface area (Å²) in [5.74, 6) is 0.306. The van der Waals surface area contributed by atoms with Crippen molar-refractivity contribution in [2.75, 3.05) is 6.54 Å². The normalized spacial score (nSPS) is 21.9. The second-order valence-corrected chi connectivity index (χ2v) is 3.46. The maximum Gasteiger partial charge on any atom is 0.223 e. The topological polar surface area (TPSA) is 46.9 Å². The van der Waals surface area contributed by atoms with Crippen molar-refractivity contribution >= 4 is 5.91 Å². The molecular weight excluding hydrogens is 166 g/mol. The minimum Gasteiger partial charge on any atom is -0.356 e. The molecule has 1 N–H and O–H groups in total. The molecule has 1 unspecified atom stereocenters. The first-order valence-electron chi connectivity index (χ1n) is 4.52. The van der Waals surface area contributed by atoms with E-state index in [1.807, 2.05) is 19.3 Å². The van der Waals surface area contributed by atoms with E-state index in [1.54, 1.807) is 4.68 Å². The highest BCUT2D eigenvalue weighted by Crippen LogP contribution is 2.14. The van der Waals surface area contributed by atoms with Crippen LogP contribution in [0.2, 0.25) is 0 Å². The molecule has 0 aromatic carbocycles. The van der Waals surface area contributed by atoms with Crippen LogP contribution in [0.15, 0.2) is 12.3 Å². The van der Waals surface area contributed by atoms with Gasteiger partial charge in [-0.2, -0.15) is 5.10 Å². The molecule has 0 spiro atoms. The van der Waals surface area contributed by atoms with Gasteiger partial charge < -0.3 is 5.32 Å². The SMILES string of the molecule is Cn1ccc(CC2CCNC2=O)n1. The summed E-state index contributed by atoms with van der Waals surface area (Å²) in [7, 11) is 1.89. The first kappa shape index (κ1) is 8.29. The summed E-state index contributed by atoms with van der Waals surface area (Å²) >= 11 is 0. The quantitative estimate of drug-likeness (QED) is 0.700. The number of aromatic nitrogens is 2. The van der Waals surface area contributed by atoms with Crippen LogP contribution in [0.4, 0.5) is 0 Å². The summed E-state index contributed by atoms with van der Waals surface area (Å²) in [5, 5.41) is 7.07. The predicted molar refractivity (Wildman–Crippen MR) is 48.0 cm³/mol. The van der Waals surface area contributed by atoms with Crippen LogP contribution < -0.4 is 5.32 Å². The van der Waals surface area contributed by atoms with Crippen LogP contribution in [0.3, 0.4) is 0 Å². The van der Waals surface area contributed by atoms with Crippen molar-refractivity contribution in [2.45, 2.75) is 12.8 Å². The molecule has 0 aliphatic carbocycles. The zero-order valence-corrected chi connectivity index (χ0v) is 7.66. The molecule has 1 amide bonds. The van der Waals surface area contributed by atoms with Gasteiger partial charge in [0.05, 0.1) is 5.69 Å². The zero-order chi connectivity index (χ0) is 9.26. The maximum absolute atomic E-state index is 11.2. The predicted octanol–water partition coefficient (Wildman–Crippen LogP) is 0.0987. The lowest BCUT2D eigenvalue weighted by Crippen LogP contribution is -2.20. The largest absolute Gasteiger partial charge is 0.356 e. The van der Waals surface area contributed by atoms with E-state index in [-0.39, 0.29) is 11.8 Å². The summed E-state index contributed by atoms with van der Waals surface area (Å²) < 4.78 is 1.77. The van der Waals surface area contributed by atoms with E-state index in [2.05, 4.69) is 10.4 Å². The Balaban J connectivity index is 2.01. The lowest BCUT2D eigenvalue weighted by molar-refractivity contribution is -0.122. The van der Waals surface area contributed by atoms with Gasteiger partial charge in [-0.15, -0.1) is 0 Å². The molecule has 70 valence electrons. The van der Waals surface area contributed by atoms with Crippen molar-refractivity contribution in [1.82, 2.24) is 15.1 Å². The number of amides is 1. The summed E-state index contributed by atoms with van der Waals surface area (Å²) in [6, 6.07) is 1.96. The molecule has 1 saturated heterocycles. The Labute approximate surface area is 76.9 Å². The van der Waals surface area contributed by atoms with E-state index in [9.17, 15) is 4.79 Å². The highest BCUT2D eigenvalue weighted by Gasteiger charge is 2.24. The lowest BCUT2D eigenvalue weighted by Gasteiger charge is -2.02. The van der Waals surface area contributed by atoms with Gasteiger partial charge in [0, 0.05) is 32.1 Å². The molecule has 1 fully saturated rings. The van der Waals surface area contributed by atoms with Crippen molar-refractivity contribution in [1.29, 1.82) is 0 Å². The summed E-state index contributed by atoms with van der Waals surface area (Å²) in [6.07, 6.45) is 3.62. The van der Waals surface area contributed by atoms with Crippen LogP contribution in [-0.4, -0.2) is 22.2 Å². The molecule has 13 heavy (non-hydrogen) atoms. The van der Waals surface area contributed by atoms with E-state index in [4.69, 9.17) is 0 Å². The third-order valence-corrected chi connectivity index (χ3v) is 2.39. The molecule has 0 radical (unpaired) electrons. The zero-order valence-electron chi connectivity index (χ0n) is 7.66. The number of hydrogen-bond acceptors (Lipinski definition) is 2. The molecular formula is C9H13N3O. The molecule has 0 saturated carbocycles. The van der Waals surface area contributed by atoms with Crippen molar-refractivity contribution in [3.63, 3.8) is 0 Å². The third-order valence-electron chi connectivity index (χ3n) is 2.39. The Kier molecular flexibility index (Phi) is 2.04. The molecule has 1 aliphatic rings. The second-order valence-electron chi connectivity index (χ2n) is 3.46. The summed E-state index contributed by atoms with van der Waals surface area (Å²) in [5.41, 5.74) is 1.00. The highest BCUT2D eigenvalue weighted by atomic mass is 16.2. The number of rotatable bonds is 2. The fourth-order valence-corrected chi connectivity index (χ4v) is 1.66. The molecule has 0 bridgehead atoms. The Morgan fingerprint density at radius 2 is 2.62 bits per heavy atom. The number of carbonyl (C=O) groups is 1. The van der Waals surface area contributed by atoms with Gasteiger partial charge >= 0.3 is 0 Å². The number of aryl methyl sites for hydroxylation is 1. The van der Waals surface area contributed by atoms with Crippen molar-refractivity contribution in [3.8, 4) is 0 Å². The van der Waals surface area contributed by atoms with E-state index >= 15 is 0 Å². The van der Waals surface area contributed by atoms with E-state index in [1.165, 1.54) is 0 Å². The number of carbonyl (C=O) groups excluding carboxylic acids is 1. The first-order valence-corrected chi connectivity index (χ1v) is 4.52. The van der Waals surface area contributed by atoms with E-state index in [0.717, 1.165) is 25.1 Å². The highest BCUT2D eigenvalue weighted by molar-refractivity contribution is 5.80. The van der Waals surface area contributed by atoms with Crippen LogP contribution in [0.1, 0.15) is 12.1 Å². The molecule has 1 aromatic heterocycles. The average molecular weight is 179 g/mol. The van der Waals surface area contributed by atoms with Gasteiger partial charge in [-0.1, -0.05) is 0 Å². The molecule has 2 rings (SSSR count). The number of nitrogens with one attached hydrogen (secondary N) is 1. The van der Waals surface area contributed by atoms with Crippen LogP contribution >= 0.6 is 0 Å². The number of hydrogen-bond donors (Lipinski definition) is 1. The van der Waals surface area contributed by atoms with Gasteiger partial charge in [-0.05, 0) is 12.5 Å². The minimum atomic E-state index is 0.134. The Morgan fingerprint density at radius 3 is 3.15 bits per heavy atom. The van der Waals surface area contributed by atoms with Crippen molar-refractivity contribution in [3.05, 3.63) is 18.0 Å². The van der Waals surface area contributed by atoms with Gasteiger partial charge in [-0.25, -0.2) is 0 Å². The molecule has 2 heterocycles. The first-order chi connectivity index (χ1) is 6.25. The van der Waals surface area contributed by atoms with Gasteiger partial charge in [-0.3, -0.25) is 9.48 Å². The average Bonchev–Trinajstić information content (AvgIpc) is 2.64. The molecule has 4 nitrogen and oxygen atoms in total. The molecule has 1 aromatic rings. The van der Waals surface area contributed by atoms with Crippen LogP contribution in [0.25, 0.3) is 0 Å². The van der Waals surface area contributed by atoms with Crippen molar-refractivity contribution in [2.24, 2.45) is 13.0 Å². The van der Waals surface area contributed by atoms with E-state index < -0.39 is 0 Å². The van der Waals surface area contributed by atoms with Gasteiger partial charge in [0.2, 0.25) is 5.91 Å². The fourth-order valence-electron chi connectivity index (χ4n) is 1.66. The second kappa shape index (κ2) is 3.20. The third kappa shape index (κ3) is 1.71. The summed E-state index contributed by atoms with van der Waals surface area (Å²) in [6.45, 7) is 0.816. The van der Waals surface area contributed by atoms with Gasteiger partial charge in [0.15, 0.2) is 0 Å². The summed E-state index contributed by atoms with van der Waals surface area (Å²) in [4.78, 5) is 11.2. The van der Waals surface area contributed by atoms with Gasteiger partial charge in [0.1, 0.15) is 0 Å². The number of nitrogens with zero attached hydrogens (tertiary/aromatic N) is 2. The molecule has 1 atom stereocenters. The Morgan fingerprint density at radius 1 is 1.77 bits per heavy atom. The monoisotopic (exact) mass is 179 g/mol. The van der Waals surface area contributed by atoms with E-state index in [0.29, 0.717) is 0 Å². The smallest absolute Gasteiger partial charge is 0.223 e.